The highest BCUT2D eigenvalue weighted by Gasteiger charge is 2.09. The number of benzene rings is 1. The average molecular weight is 313 g/mol. The van der Waals surface area contributed by atoms with Crippen LogP contribution in [0, 0.1) is 0 Å². The van der Waals surface area contributed by atoms with E-state index in [4.69, 9.17) is 9.57 Å². The molecule has 0 N–H and O–H groups in total. The SMILES string of the molecule is CCOC(=O)CCCO/N=C(/c1ccccc1)c1cccnn1. The van der Waals surface area contributed by atoms with Crippen molar-refractivity contribution in [2.75, 3.05) is 13.2 Å². The van der Waals surface area contributed by atoms with E-state index in [1.54, 1.807) is 19.2 Å². The molecule has 0 fully saturated rings. The van der Waals surface area contributed by atoms with Crippen LogP contribution >= 0.6 is 0 Å². The number of hydrogen-bond acceptors (Lipinski definition) is 6. The fourth-order valence-corrected chi connectivity index (χ4v) is 1.90. The largest absolute Gasteiger partial charge is 0.466 e. The van der Waals surface area contributed by atoms with Gasteiger partial charge in [0, 0.05) is 18.2 Å². The summed E-state index contributed by atoms with van der Waals surface area (Å²) in [6, 6.07) is 13.2. The fraction of sp³-hybridized carbons (Fsp3) is 0.294. The number of nitrogens with zero attached hydrogens (tertiary/aromatic N) is 3. The molecule has 0 aliphatic heterocycles. The van der Waals surface area contributed by atoms with E-state index in [0.717, 1.165) is 5.56 Å². The molecule has 1 heterocycles. The van der Waals surface area contributed by atoms with Crippen molar-refractivity contribution in [1.82, 2.24) is 10.2 Å². The highest BCUT2D eigenvalue weighted by molar-refractivity contribution is 6.11. The van der Waals surface area contributed by atoms with E-state index in [1.165, 1.54) is 0 Å². The maximum absolute atomic E-state index is 11.3. The van der Waals surface area contributed by atoms with Gasteiger partial charge in [0.1, 0.15) is 18.0 Å². The summed E-state index contributed by atoms with van der Waals surface area (Å²) in [5, 5.41) is 12.1. The molecule has 6 nitrogen and oxygen atoms in total. The van der Waals surface area contributed by atoms with E-state index in [1.807, 2.05) is 36.4 Å². The molecule has 0 spiro atoms. The van der Waals surface area contributed by atoms with Gasteiger partial charge in [-0.05, 0) is 25.5 Å². The van der Waals surface area contributed by atoms with Crippen LogP contribution in [0.25, 0.3) is 0 Å². The second-order valence-electron chi connectivity index (χ2n) is 4.66. The average Bonchev–Trinajstić information content (AvgIpc) is 2.60. The van der Waals surface area contributed by atoms with Crippen molar-refractivity contribution in [3.05, 3.63) is 59.9 Å². The molecule has 0 saturated heterocycles. The van der Waals surface area contributed by atoms with Gasteiger partial charge in [-0.25, -0.2) is 0 Å². The van der Waals surface area contributed by atoms with E-state index in [9.17, 15) is 4.79 Å². The molecule has 0 atom stereocenters. The quantitative estimate of drug-likeness (QED) is 0.324. The highest BCUT2D eigenvalue weighted by Crippen LogP contribution is 2.08. The minimum Gasteiger partial charge on any atom is -0.466 e. The molecular formula is C17H19N3O3. The van der Waals surface area contributed by atoms with Crippen molar-refractivity contribution < 1.29 is 14.4 Å². The summed E-state index contributed by atoms with van der Waals surface area (Å²) in [5.41, 5.74) is 2.12. The number of aromatic nitrogens is 2. The smallest absolute Gasteiger partial charge is 0.305 e. The minimum atomic E-state index is -0.225. The van der Waals surface area contributed by atoms with Gasteiger partial charge in [-0.3, -0.25) is 4.79 Å². The molecule has 0 amide bonds. The number of carbonyl (C=O) groups is 1. The Morgan fingerprint density at radius 1 is 1.17 bits per heavy atom. The summed E-state index contributed by atoms with van der Waals surface area (Å²) in [6.07, 6.45) is 2.46. The number of esters is 1. The molecule has 1 aromatic heterocycles. The van der Waals surface area contributed by atoms with Gasteiger partial charge < -0.3 is 9.57 Å². The molecule has 0 radical (unpaired) electrons. The van der Waals surface area contributed by atoms with Crippen molar-refractivity contribution in [3.8, 4) is 0 Å². The molecule has 0 aliphatic rings. The van der Waals surface area contributed by atoms with Crippen LogP contribution in [0.2, 0.25) is 0 Å². The van der Waals surface area contributed by atoms with E-state index in [0.29, 0.717) is 37.5 Å². The molecule has 23 heavy (non-hydrogen) atoms. The van der Waals surface area contributed by atoms with Gasteiger partial charge in [0.15, 0.2) is 0 Å². The van der Waals surface area contributed by atoms with Crippen LogP contribution in [0.15, 0.2) is 53.8 Å². The first-order valence-electron chi connectivity index (χ1n) is 7.50. The lowest BCUT2D eigenvalue weighted by Gasteiger charge is -2.06. The lowest BCUT2D eigenvalue weighted by atomic mass is 10.1. The van der Waals surface area contributed by atoms with Crippen LogP contribution in [0.4, 0.5) is 0 Å². The summed E-state index contributed by atoms with van der Waals surface area (Å²) >= 11 is 0. The van der Waals surface area contributed by atoms with Gasteiger partial charge in [-0.2, -0.15) is 5.10 Å². The Morgan fingerprint density at radius 3 is 2.70 bits per heavy atom. The van der Waals surface area contributed by atoms with Gasteiger partial charge in [-0.15, -0.1) is 5.10 Å². The van der Waals surface area contributed by atoms with Gasteiger partial charge in [-0.1, -0.05) is 35.5 Å². The van der Waals surface area contributed by atoms with Gasteiger partial charge >= 0.3 is 5.97 Å². The molecule has 0 unspecified atom stereocenters. The Balaban J connectivity index is 1.99. The second kappa shape index (κ2) is 9.30. The zero-order valence-corrected chi connectivity index (χ0v) is 13.0. The van der Waals surface area contributed by atoms with Crippen LogP contribution < -0.4 is 0 Å². The molecule has 0 aliphatic carbocycles. The zero-order chi connectivity index (χ0) is 16.3. The van der Waals surface area contributed by atoms with Crippen molar-refractivity contribution in [2.45, 2.75) is 19.8 Å². The Hall–Kier alpha value is -2.76. The van der Waals surface area contributed by atoms with Gasteiger partial charge in [0.05, 0.1) is 6.61 Å². The number of rotatable bonds is 8. The third-order valence-electron chi connectivity index (χ3n) is 2.94. The predicted molar refractivity (Wildman–Crippen MR) is 85.9 cm³/mol. The highest BCUT2D eigenvalue weighted by atomic mass is 16.6. The summed E-state index contributed by atoms with van der Waals surface area (Å²) in [6.45, 7) is 2.50. The molecule has 2 aromatic rings. The van der Waals surface area contributed by atoms with Crippen LogP contribution in [0.1, 0.15) is 31.0 Å². The summed E-state index contributed by atoms with van der Waals surface area (Å²) < 4.78 is 4.86. The molecular weight excluding hydrogens is 294 g/mol. The van der Waals surface area contributed by atoms with E-state index in [-0.39, 0.29) is 5.97 Å². The van der Waals surface area contributed by atoms with Gasteiger partial charge in [0.25, 0.3) is 0 Å². The lowest BCUT2D eigenvalue weighted by Crippen LogP contribution is -2.08. The normalized spacial score (nSPS) is 11.1. The standard InChI is InChI=1S/C17H19N3O3/c1-2-22-16(21)11-7-13-23-20-17(14-8-4-3-5-9-14)15-10-6-12-18-19-15/h3-6,8-10,12H,2,7,11,13H2,1H3/b20-17-. The lowest BCUT2D eigenvalue weighted by molar-refractivity contribution is -0.143. The Labute approximate surface area is 135 Å². The summed E-state index contributed by atoms with van der Waals surface area (Å²) in [5.74, 6) is -0.225. The third-order valence-corrected chi connectivity index (χ3v) is 2.94. The predicted octanol–water partition coefficient (Wildman–Crippen LogP) is 2.59. The van der Waals surface area contributed by atoms with Crippen LogP contribution in [-0.2, 0) is 14.4 Å². The number of ether oxygens (including phenoxy) is 1. The molecule has 0 bridgehead atoms. The topological polar surface area (TPSA) is 73.7 Å². The number of carbonyl (C=O) groups excluding carboxylic acids is 1. The molecule has 120 valence electrons. The van der Waals surface area contributed by atoms with Crippen molar-refractivity contribution in [2.24, 2.45) is 5.16 Å². The molecule has 0 saturated carbocycles. The van der Waals surface area contributed by atoms with Crippen molar-refractivity contribution in [3.63, 3.8) is 0 Å². The Bertz CT molecular complexity index is 589. The van der Waals surface area contributed by atoms with E-state index >= 15 is 0 Å². The minimum absolute atomic E-state index is 0.225. The summed E-state index contributed by atoms with van der Waals surface area (Å²) in [4.78, 5) is 16.6. The van der Waals surface area contributed by atoms with E-state index < -0.39 is 0 Å². The first kappa shape index (κ1) is 16.6. The monoisotopic (exact) mass is 313 g/mol. The third kappa shape index (κ3) is 5.50. The zero-order valence-electron chi connectivity index (χ0n) is 13.0. The maximum atomic E-state index is 11.3. The van der Waals surface area contributed by atoms with Crippen molar-refractivity contribution in [1.29, 1.82) is 0 Å². The Morgan fingerprint density at radius 2 is 2.00 bits per heavy atom. The summed E-state index contributed by atoms with van der Waals surface area (Å²) in [7, 11) is 0. The first-order chi connectivity index (χ1) is 11.3. The number of hydrogen-bond donors (Lipinski definition) is 0. The van der Waals surface area contributed by atoms with E-state index in [2.05, 4.69) is 15.4 Å². The molecule has 1 aromatic carbocycles. The first-order valence-corrected chi connectivity index (χ1v) is 7.50. The van der Waals surface area contributed by atoms with Crippen LogP contribution in [-0.4, -0.2) is 35.1 Å². The second-order valence-corrected chi connectivity index (χ2v) is 4.66. The van der Waals surface area contributed by atoms with Crippen LogP contribution in [0.5, 0.6) is 0 Å². The van der Waals surface area contributed by atoms with Crippen LogP contribution in [0.3, 0.4) is 0 Å². The van der Waals surface area contributed by atoms with Gasteiger partial charge in [0.2, 0.25) is 0 Å². The number of oxime groups is 1. The Kier molecular flexibility index (Phi) is 6.71. The molecule has 2 rings (SSSR count). The molecule has 6 heteroatoms. The van der Waals surface area contributed by atoms with Crippen molar-refractivity contribution >= 4 is 11.7 Å². The maximum Gasteiger partial charge on any atom is 0.305 e. The fourth-order valence-electron chi connectivity index (χ4n) is 1.90.